The van der Waals surface area contributed by atoms with Gasteiger partial charge in [0.05, 0.1) is 6.04 Å². The van der Waals surface area contributed by atoms with E-state index in [2.05, 4.69) is 10.2 Å². The van der Waals surface area contributed by atoms with Crippen molar-refractivity contribution >= 4 is 11.7 Å². The fraction of sp³-hybridized carbons (Fsp3) is 0.440. The summed E-state index contributed by atoms with van der Waals surface area (Å²) in [6.45, 7) is 3.42. The number of nitrogens with zero attached hydrogens (tertiary/aromatic N) is 1. The Morgan fingerprint density at radius 3 is 2.44 bits per heavy atom. The molecule has 7 nitrogen and oxygen atoms in total. The number of aliphatic hydroxyl groups excluding tert-OH is 1. The number of ether oxygens (including phenoxy) is 2. The van der Waals surface area contributed by atoms with E-state index in [1.165, 1.54) is 0 Å². The van der Waals surface area contributed by atoms with Gasteiger partial charge in [-0.15, -0.1) is 0 Å². The fourth-order valence-corrected chi connectivity index (χ4v) is 4.22. The number of likely N-dealkylation sites (tertiary alicyclic amines) is 1. The number of aliphatic hydroxyl groups is 1. The summed E-state index contributed by atoms with van der Waals surface area (Å²) in [5, 5.41) is 14.1. The summed E-state index contributed by atoms with van der Waals surface area (Å²) in [5.74, 6) is 0.957. The number of carbonyl (C=O) groups is 2. The van der Waals surface area contributed by atoms with E-state index in [1.54, 1.807) is 30.3 Å². The summed E-state index contributed by atoms with van der Waals surface area (Å²) < 4.78 is 11.2. The molecule has 2 aliphatic rings. The van der Waals surface area contributed by atoms with E-state index in [-0.39, 0.29) is 24.5 Å². The predicted molar refractivity (Wildman–Crippen MR) is 120 cm³/mol. The topological polar surface area (TPSA) is 88.1 Å². The minimum Gasteiger partial charge on any atom is -0.486 e. The number of ketones is 1. The third-order valence-electron chi connectivity index (χ3n) is 5.96. The van der Waals surface area contributed by atoms with Crippen LogP contribution in [0.15, 0.2) is 48.5 Å². The Morgan fingerprint density at radius 2 is 1.69 bits per heavy atom. The first-order chi connectivity index (χ1) is 15.6. The molecule has 7 heteroatoms. The number of nitrogens with one attached hydrogen (secondary N) is 1. The molecular formula is C25H30N2O5. The molecule has 0 saturated carbocycles. The van der Waals surface area contributed by atoms with Crippen LogP contribution in [0.3, 0.4) is 0 Å². The highest BCUT2D eigenvalue weighted by Gasteiger charge is 2.28. The maximum Gasteiger partial charge on any atom is 0.220 e. The van der Waals surface area contributed by atoms with E-state index >= 15 is 0 Å². The van der Waals surface area contributed by atoms with Gasteiger partial charge in [0.15, 0.2) is 17.3 Å². The van der Waals surface area contributed by atoms with Crippen LogP contribution in [0.1, 0.15) is 47.7 Å². The summed E-state index contributed by atoms with van der Waals surface area (Å²) in [6.07, 6.45) is 1.55. The summed E-state index contributed by atoms with van der Waals surface area (Å²) in [5.41, 5.74) is 1.27. The van der Waals surface area contributed by atoms with Gasteiger partial charge in [0, 0.05) is 24.9 Å². The third kappa shape index (κ3) is 5.66. The van der Waals surface area contributed by atoms with Crippen LogP contribution < -0.4 is 14.8 Å². The molecule has 0 aliphatic carbocycles. The van der Waals surface area contributed by atoms with Gasteiger partial charge in [-0.1, -0.05) is 36.4 Å². The second-order valence-corrected chi connectivity index (χ2v) is 8.32. The van der Waals surface area contributed by atoms with Crippen molar-refractivity contribution in [2.45, 2.75) is 37.8 Å². The Kier molecular flexibility index (Phi) is 7.39. The third-order valence-corrected chi connectivity index (χ3v) is 5.96. The van der Waals surface area contributed by atoms with Crippen LogP contribution in [0.5, 0.6) is 11.5 Å². The van der Waals surface area contributed by atoms with E-state index in [9.17, 15) is 14.7 Å². The Morgan fingerprint density at radius 1 is 0.969 bits per heavy atom. The minimum atomic E-state index is -0.903. The van der Waals surface area contributed by atoms with Crippen LogP contribution in [0.2, 0.25) is 0 Å². The predicted octanol–water partition coefficient (Wildman–Crippen LogP) is 2.73. The zero-order valence-electron chi connectivity index (χ0n) is 18.2. The van der Waals surface area contributed by atoms with Crippen LogP contribution in [0.25, 0.3) is 0 Å². The molecule has 2 aliphatic heterocycles. The Bertz CT molecular complexity index is 927. The van der Waals surface area contributed by atoms with Gasteiger partial charge in [0.2, 0.25) is 5.91 Å². The van der Waals surface area contributed by atoms with Gasteiger partial charge in [-0.3, -0.25) is 9.59 Å². The van der Waals surface area contributed by atoms with Crippen LogP contribution in [0, 0.1) is 0 Å². The van der Waals surface area contributed by atoms with Crippen molar-refractivity contribution in [3.8, 4) is 11.5 Å². The summed E-state index contributed by atoms with van der Waals surface area (Å²) in [7, 11) is 0. The van der Waals surface area contributed by atoms with Crippen LogP contribution in [-0.4, -0.2) is 60.6 Å². The molecule has 1 amide bonds. The molecule has 1 fully saturated rings. The molecule has 4 rings (SSSR count). The molecule has 2 aromatic rings. The first kappa shape index (κ1) is 22.3. The zero-order valence-corrected chi connectivity index (χ0v) is 18.2. The monoisotopic (exact) mass is 438 g/mol. The molecule has 2 aromatic carbocycles. The van der Waals surface area contributed by atoms with Gasteiger partial charge < -0.3 is 24.8 Å². The Balaban J connectivity index is 1.41. The van der Waals surface area contributed by atoms with Crippen molar-refractivity contribution in [2.24, 2.45) is 0 Å². The number of hydrogen-bond acceptors (Lipinski definition) is 6. The maximum absolute atomic E-state index is 12.7. The van der Waals surface area contributed by atoms with Crippen molar-refractivity contribution in [1.29, 1.82) is 0 Å². The van der Waals surface area contributed by atoms with Crippen molar-refractivity contribution in [3.63, 3.8) is 0 Å². The maximum atomic E-state index is 12.7. The van der Waals surface area contributed by atoms with E-state index in [1.807, 2.05) is 18.2 Å². The highest BCUT2D eigenvalue weighted by molar-refractivity contribution is 5.97. The van der Waals surface area contributed by atoms with Gasteiger partial charge in [0.1, 0.15) is 19.3 Å². The second-order valence-electron chi connectivity index (χ2n) is 8.32. The molecule has 0 aromatic heterocycles. The second kappa shape index (κ2) is 10.6. The van der Waals surface area contributed by atoms with E-state index < -0.39 is 12.1 Å². The zero-order chi connectivity index (χ0) is 22.3. The molecular weight excluding hydrogens is 408 g/mol. The van der Waals surface area contributed by atoms with Crippen LogP contribution in [0.4, 0.5) is 0 Å². The number of fused-ring (bicyclic) bond motifs is 1. The van der Waals surface area contributed by atoms with Crippen molar-refractivity contribution in [3.05, 3.63) is 59.7 Å². The number of rotatable bonds is 9. The smallest absolute Gasteiger partial charge is 0.220 e. The number of hydrogen-bond donors (Lipinski definition) is 2. The van der Waals surface area contributed by atoms with Gasteiger partial charge >= 0.3 is 0 Å². The Labute approximate surface area is 188 Å². The standard InChI is InChI=1S/C25H30N2O5/c28-21(18-6-2-1-3-7-18)9-11-24(29)26-20(17-27-12-4-5-13-27)25(30)19-8-10-22-23(16-19)32-15-14-31-22/h1-3,6-8,10,16,20,25,30H,4-5,9,11-15,17H2,(H,26,29). The molecule has 170 valence electrons. The highest BCUT2D eigenvalue weighted by Crippen LogP contribution is 2.33. The van der Waals surface area contributed by atoms with E-state index in [0.29, 0.717) is 42.4 Å². The SMILES string of the molecule is O=C(CCC(=O)c1ccccc1)NC(CN1CCCC1)C(O)c1ccc2c(c1)OCCO2. The van der Waals surface area contributed by atoms with E-state index in [0.717, 1.165) is 25.9 Å². The number of amides is 1. The molecule has 2 atom stereocenters. The molecule has 1 saturated heterocycles. The average molecular weight is 439 g/mol. The van der Waals surface area contributed by atoms with E-state index in [4.69, 9.17) is 9.47 Å². The number of carbonyl (C=O) groups excluding carboxylic acids is 2. The quantitative estimate of drug-likeness (QED) is 0.586. The van der Waals surface area contributed by atoms with Crippen LogP contribution >= 0.6 is 0 Å². The van der Waals surface area contributed by atoms with Crippen molar-refractivity contribution < 1.29 is 24.2 Å². The van der Waals surface area contributed by atoms with Crippen molar-refractivity contribution in [1.82, 2.24) is 10.2 Å². The first-order valence-electron chi connectivity index (χ1n) is 11.3. The van der Waals surface area contributed by atoms with Crippen molar-refractivity contribution in [2.75, 3.05) is 32.8 Å². The lowest BCUT2D eigenvalue weighted by Crippen LogP contribution is -2.46. The molecule has 32 heavy (non-hydrogen) atoms. The molecule has 0 radical (unpaired) electrons. The first-order valence-corrected chi connectivity index (χ1v) is 11.3. The summed E-state index contributed by atoms with van der Waals surface area (Å²) in [4.78, 5) is 27.3. The van der Waals surface area contributed by atoms with Gasteiger partial charge in [0.25, 0.3) is 0 Å². The average Bonchev–Trinajstić information content (AvgIpc) is 3.35. The normalized spacial score (nSPS) is 17.5. The largest absolute Gasteiger partial charge is 0.486 e. The molecule has 2 unspecified atom stereocenters. The highest BCUT2D eigenvalue weighted by atomic mass is 16.6. The summed E-state index contributed by atoms with van der Waals surface area (Å²) in [6, 6.07) is 13.9. The Hall–Kier alpha value is -2.90. The van der Waals surface area contributed by atoms with Crippen LogP contribution in [-0.2, 0) is 4.79 Å². The molecule has 2 heterocycles. The molecule has 2 N–H and O–H groups in total. The molecule has 0 bridgehead atoms. The number of Topliss-reactive ketones (excluding diaryl/α,β-unsaturated/α-hetero) is 1. The summed E-state index contributed by atoms with van der Waals surface area (Å²) >= 11 is 0. The van der Waals surface area contributed by atoms with Gasteiger partial charge in [-0.05, 0) is 43.6 Å². The fourth-order valence-electron chi connectivity index (χ4n) is 4.22. The minimum absolute atomic E-state index is 0.0655. The lowest BCUT2D eigenvalue weighted by atomic mass is 10.00. The van der Waals surface area contributed by atoms with Gasteiger partial charge in [-0.2, -0.15) is 0 Å². The molecule has 0 spiro atoms. The lowest BCUT2D eigenvalue weighted by Gasteiger charge is -2.29. The van der Waals surface area contributed by atoms with Gasteiger partial charge in [-0.25, -0.2) is 0 Å². The number of benzene rings is 2. The lowest BCUT2D eigenvalue weighted by molar-refractivity contribution is -0.122.